The summed E-state index contributed by atoms with van der Waals surface area (Å²) in [6.45, 7) is 2.38. The maximum atomic E-state index is 11.5. The van der Waals surface area contributed by atoms with Gasteiger partial charge in [-0.1, -0.05) is 28.1 Å². The molecule has 0 bridgehead atoms. The smallest absolute Gasteiger partial charge is 0.220 e. The summed E-state index contributed by atoms with van der Waals surface area (Å²) in [5.41, 5.74) is 6.59. The average molecular weight is 322 g/mol. The molecule has 0 aliphatic rings. The Balaban J connectivity index is 0.00000256. The topological polar surface area (TPSA) is 55.1 Å². The highest BCUT2D eigenvalue weighted by molar-refractivity contribution is 9.10. The minimum atomic E-state index is 0. The molecular weight excluding hydrogens is 304 g/mol. The number of hydrogen-bond donors (Lipinski definition) is 2. The zero-order valence-corrected chi connectivity index (χ0v) is 12.2. The number of carbonyl (C=O) groups is 1. The third kappa shape index (κ3) is 6.66. The minimum Gasteiger partial charge on any atom is -0.352 e. The van der Waals surface area contributed by atoms with Gasteiger partial charge in [0.1, 0.15) is 0 Å². The largest absolute Gasteiger partial charge is 0.352 e. The molecule has 0 radical (unpaired) electrons. The van der Waals surface area contributed by atoms with Gasteiger partial charge in [-0.25, -0.2) is 0 Å². The van der Waals surface area contributed by atoms with E-state index in [2.05, 4.69) is 21.2 Å². The van der Waals surface area contributed by atoms with Gasteiger partial charge in [0.2, 0.25) is 5.91 Å². The first-order valence-corrected chi connectivity index (χ1v) is 6.15. The van der Waals surface area contributed by atoms with Crippen molar-refractivity contribution in [2.45, 2.75) is 25.8 Å². The SMILES string of the molecule is C[C@@H](CN)NC(=O)CCc1ccc(Br)cc1.Cl. The van der Waals surface area contributed by atoms with Gasteiger partial charge in [0, 0.05) is 23.5 Å². The number of nitrogens with two attached hydrogens (primary N) is 1. The lowest BCUT2D eigenvalue weighted by Crippen LogP contribution is -2.37. The Kier molecular flexibility index (Phi) is 8.21. The summed E-state index contributed by atoms with van der Waals surface area (Å²) in [7, 11) is 0. The van der Waals surface area contributed by atoms with Crippen molar-refractivity contribution < 1.29 is 4.79 Å². The van der Waals surface area contributed by atoms with Crippen LogP contribution in [0.25, 0.3) is 0 Å². The maximum absolute atomic E-state index is 11.5. The second kappa shape index (κ2) is 8.50. The molecule has 3 N–H and O–H groups in total. The third-order valence-electron chi connectivity index (χ3n) is 2.31. The highest BCUT2D eigenvalue weighted by Crippen LogP contribution is 2.11. The highest BCUT2D eigenvalue weighted by Gasteiger charge is 2.05. The second-order valence-corrected chi connectivity index (χ2v) is 4.75. The first kappa shape index (κ1) is 16.4. The van der Waals surface area contributed by atoms with Crippen molar-refractivity contribution in [3.05, 3.63) is 34.3 Å². The molecule has 3 nitrogen and oxygen atoms in total. The summed E-state index contributed by atoms with van der Waals surface area (Å²) in [6, 6.07) is 8.05. The van der Waals surface area contributed by atoms with Crippen LogP contribution in [-0.2, 0) is 11.2 Å². The summed E-state index contributed by atoms with van der Waals surface area (Å²) in [4.78, 5) is 11.5. The van der Waals surface area contributed by atoms with Gasteiger partial charge in [0.15, 0.2) is 0 Å². The van der Waals surface area contributed by atoms with Crippen LogP contribution in [0, 0.1) is 0 Å². The van der Waals surface area contributed by atoms with Crippen LogP contribution in [0.3, 0.4) is 0 Å². The summed E-state index contributed by atoms with van der Waals surface area (Å²) >= 11 is 3.37. The van der Waals surface area contributed by atoms with Crippen molar-refractivity contribution in [1.29, 1.82) is 0 Å². The number of amides is 1. The van der Waals surface area contributed by atoms with Crippen LogP contribution in [0.15, 0.2) is 28.7 Å². The summed E-state index contributed by atoms with van der Waals surface area (Å²) in [5, 5.41) is 2.84. The highest BCUT2D eigenvalue weighted by atomic mass is 79.9. The molecule has 0 unspecified atom stereocenters. The number of nitrogens with one attached hydrogen (secondary N) is 1. The summed E-state index contributed by atoms with van der Waals surface area (Å²) in [5.74, 6) is 0.0564. The van der Waals surface area contributed by atoms with E-state index < -0.39 is 0 Å². The number of benzene rings is 1. The third-order valence-corrected chi connectivity index (χ3v) is 2.84. The molecule has 17 heavy (non-hydrogen) atoms. The summed E-state index contributed by atoms with van der Waals surface area (Å²) in [6.07, 6.45) is 1.27. The van der Waals surface area contributed by atoms with Gasteiger partial charge in [-0.2, -0.15) is 0 Å². The monoisotopic (exact) mass is 320 g/mol. The van der Waals surface area contributed by atoms with Gasteiger partial charge in [-0.15, -0.1) is 12.4 Å². The lowest BCUT2D eigenvalue weighted by atomic mass is 10.1. The average Bonchev–Trinajstić information content (AvgIpc) is 2.28. The van der Waals surface area contributed by atoms with Crippen LogP contribution in [-0.4, -0.2) is 18.5 Å². The molecule has 1 amide bonds. The number of carbonyl (C=O) groups excluding carboxylic acids is 1. The molecule has 5 heteroatoms. The molecule has 0 heterocycles. The van der Waals surface area contributed by atoms with Crippen molar-refractivity contribution in [3.63, 3.8) is 0 Å². The molecule has 0 aliphatic heterocycles. The Bertz CT molecular complexity index is 343. The molecule has 0 aromatic heterocycles. The minimum absolute atomic E-state index is 0. The fourth-order valence-corrected chi connectivity index (χ4v) is 1.58. The Labute approximate surface area is 117 Å². The van der Waals surface area contributed by atoms with Crippen molar-refractivity contribution in [3.8, 4) is 0 Å². The van der Waals surface area contributed by atoms with Gasteiger partial charge < -0.3 is 11.1 Å². The lowest BCUT2D eigenvalue weighted by molar-refractivity contribution is -0.121. The van der Waals surface area contributed by atoms with Crippen LogP contribution in [0.4, 0.5) is 0 Å². The molecule has 0 fully saturated rings. The van der Waals surface area contributed by atoms with Crippen molar-refractivity contribution in [1.82, 2.24) is 5.32 Å². The van der Waals surface area contributed by atoms with Gasteiger partial charge in [-0.05, 0) is 31.0 Å². The van der Waals surface area contributed by atoms with Crippen LogP contribution in [0.1, 0.15) is 18.9 Å². The van der Waals surface area contributed by atoms with E-state index in [0.717, 1.165) is 10.9 Å². The first-order chi connectivity index (χ1) is 7.61. The molecule has 1 atom stereocenters. The van der Waals surface area contributed by atoms with Crippen LogP contribution >= 0.6 is 28.3 Å². The quantitative estimate of drug-likeness (QED) is 0.874. The van der Waals surface area contributed by atoms with E-state index in [0.29, 0.717) is 13.0 Å². The van der Waals surface area contributed by atoms with Crippen molar-refractivity contribution in [2.75, 3.05) is 6.54 Å². The van der Waals surface area contributed by atoms with E-state index in [1.54, 1.807) is 0 Å². The second-order valence-electron chi connectivity index (χ2n) is 3.83. The molecule has 0 saturated carbocycles. The molecule has 1 aromatic carbocycles. The fraction of sp³-hybridized carbons (Fsp3) is 0.417. The normalized spacial score (nSPS) is 11.5. The van der Waals surface area contributed by atoms with Crippen LogP contribution in [0.5, 0.6) is 0 Å². The van der Waals surface area contributed by atoms with E-state index >= 15 is 0 Å². The van der Waals surface area contributed by atoms with E-state index in [4.69, 9.17) is 5.73 Å². The predicted molar refractivity (Wildman–Crippen MR) is 76.4 cm³/mol. The van der Waals surface area contributed by atoms with E-state index in [-0.39, 0.29) is 24.4 Å². The first-order valence-electron chi connectivity index (χ1n) is 5.35. The Morgan fingerprint density at radius 1 is 1.41 bits per heavy atom. The molecule has 1 aromatic rings. The van der Waals surface area contributed by atoms with E-state index in [1.165, 1.54) is 5.56 Å². The maximum Gasteiger partial charge on any atom is 0.220 e. The number of aryl methyl sites for hydroxylation is 1. The van der Waals surface area contributed by atoms with Gasteiger partial charge in [-0.3, -0.25) is 4.79 Å². The van der Waals surface area contributed by atoms with E-state index in [1.807, 2.05) is 31.2 Å². The molecule has 96 valence electrons. The Morgan fingerprint density at radius 2 is 2.00 bits per heavy atom. The molecular formula is C12H18BrClN2O. The standard InChI is InChI=1S/C12H17BrN2O.ClH/c1-9(8-14)15-12(16)7-4-10-2-5-11(13)6-3-10;/h2-3,5-6,9H,4,7-8,14H2,1H3,(H,15,16);1H/t9-;/m0./s1. The van der Waals surface area contributed by atoms with Crippen molar-refractivity contribution >= 4 is 34.2 Å². The zero-order valence-electron chi connectivity index (χ0n) is 9.78. The van der Waals surface area contributed by atoms with Gasteiger partial charge in [0.25, 0.3) is 0 Å². The molecule has 1 rings (SSSR count). The van der Waals surface area contributed by atoms with E-state index in [9.17, 15) is 4.79 Å². The lowest BCUT2D eigenvalue weighted by Gasteiger charge is -2.10. The van der Waals surface area contributed by atoms with Crippen LogP contribution in [0.2, 0.25) is 0 Å². The van der Waals surface area contributed by atoms with Gasteiger partial charge >= 0.3 is 0 Å². The molecule has 0 saturated heterocycles. The Hall–Kier alpha value is -0.580. The molecule has 0 spiro atoms. The van der Waals surface area contributed by atoms with Crippen LogP contribution < -0.4 is 11.1 Å². The summed E-state index contributed by atoms with van der Waals surface area (Å²) < 4.78 is 1.05. The number of halogens is 2. The van der Waals surface area contributed by atoms with Crippen molar-refractivity contribution in [2.24, 2.45) is 5.73 Å². The predicted octanol–water partition coefficient (Wildman–Crippen LogP) is 2.27. The Morgan fingerprint density at radius 3 is 2.53 bits per heavy atom. The fourth-order valence-electron chi connectivity index (χ4n) is 1.31. The molecule has 0 aliphatic carbocycles. The zero-order chi connectivity index (χ0) is 12.0. The van der Waals surface area contributed by atoms with Gasteiger partial charge in [0.05, 0.1) is 0 Å². The number of rotatable bonds is 5. The number of hydrogen-bond acceptors (Lipinski definition) is 2.